The van der Waals surface area contributed by atoms with Crippen molar-refractivity contribution in [3.63, 3.8) is 0 Å². The number of sulfone groups is 1. The van der Waals surface area contributed by atoms with Crippen molar-refractivity contribution in [1.29, 1.82) is 0 Å². The molecular weight excluding hydrogens is 438 g/mol. The monoisotopic (exact) mass is 461 g/mol. The maximum Gasteiger partial charge on any atom is 0.285 e. The number of amides is 1. The summed E-state index contributed by atoms with van der Waals surface area (Å²) in [4.78, 5) is 15.1. The minimum absolute atomic E-state index is 0.0647. The van der Waals surface area contributed by atoms with Crippen LogP contribution in [-0.2, 0) is 24.7 Å². The van der Waals surface area contributed by atoms with Gasteiger partial charge in [-0.15, -0.1) is 4.40 Å². The molecule has 0 aliphatic carbocycles. The zero-order valence-corrected chi connectivity index (χ0v) is 18.6. The number of rotatable bonds is 4. The Morgan fingerprint density at radius 3 is 2.65 bits per heavy atom. The van der Waals surface area contributed by atoms with Crippen molar-refractivity contribution in [3.8, 4) is 0 Å². The van der Waals surface area contributed by atoms with Gasteiger partial charge in [-0.05, 0) is 37.1 Å². The van der Waals surface area contributed by atoms with Crippen molar-refractivity contribution < 1.29 is 21.6 Å². The van der Waals surface area contributed by atoms with Crippen LogP contribution in [0.3, 0.4) is 0 Å². The zero-order chi connectivity index (χ0) is 22.2. The van der Waals surface area contributed by atoms with E-state index in [4.69, 9.17) is 0 Å². The highest BCUT2D eigenvalue weighted by Gasteiger charge is 2.35. The third-order valence-corrected chi connectivity index (χ3v) is 8.68. The largest absolute Gasteiger partial charge is 0.355 e. The molecule has 164 valence electrons. The molecule has 1 amide bonds. The van der Waals surface area contributed by atoms with Gasteiger partial charge in [0, 0.05) is 18.7 Å². The number of piperidine rings is 1. The van der Waals surface area contributed by atoms with Gasteiger partial charge in [0.05, 0.1) is 22.3 Å². The van der Waals surface area contributed by atoms with E-state index in [1.165, 1.54) is 12.1 Å². The van der Waals surface area contributed by atoms with Gasteiger partial charge in [-0.25, -0.2) is 8.42 Å². The van der Waals surface area contributed by atoms with Crippen LogP contribution >= 0.6 is 0 Å². The molecule has 31 heavy (non-hydrogen) atoms. The zero-order valence-electron chi connectivity index (χ0n) is 17.0. The van der Waals surface area contributed by atoms with Crippen LogP contribution in [0.25, 0.3) is 0 Å². The molecule has 2 aromatic carbocycles. The van der Waals surface area contributed by atoms with Crippen molar-refractivity contribution in [2.45, 2.75) is 29.6 Å². The Hall–Kier alpha value is -2.72. The van der Waals surface area contributed by atoms with Gasteiger partial charge in [0.2, 0.25) is 5.91 Å². The molecule has 0 bridgehead atoms. The molecule has 1 atom stereocenters. The molecule has 2 aliphatic rings. The van der Waals surface area contributed by atoms with Crippen molar-refractivity contribution in [1.82, 2.24) is 4.90 Å². The fourth-order valence-electron chi connectivity index (χ4n) is 3.93. The van der Waals surface area contributed by atoms with Crippen LogP contribution in [0.2, 0.25) is 0 Å². The Labute approximate surface area is 182 Å². The average Bonchev–Trinajstić information content (AvgIpc) is 3.05. The van der Waals surface area contributed by atoms with Crippen LogP contribution in [0.1, 0.15) is 25.3 Å². The SMILES string of the molecule is CCS(=O)(=O)c1ccccc1NC(=O)C1CCCN(C2=NS(=O)(=O)c3ccccc32)C1. The molecule has 2 heterocycles. The van der Waals surface area contributed by atoms with Crippen molar-refractivity contribution in [2.24, 2.45) is 10.3 Å². The van der Waals surface area contributed by atoms with Crippen LogP contribution in [0.5, 0.6) is 0 Å². The predicted molar refractivity (Wildman–Crippen MR) is 117 cm³/mol. The second-order valence-electron chi connectivity index (χ2n) is 7.56. The van der Waals surface area contributed by atoms with Gasteiger partial charge in [0.15, 0.2) is 15.7 Å². The molecule has 0 aromatic heterocycles. The molecule has 2 aromatic rings. The fourth-order valence-corrected chi connectivity index (χ4v) is 6.21. The van der Waals surface area contributed by atoms with Crippen LogP contribution in [0.4, 0.5) is 5.69 Å². The number of carbonyl (C=O) groups is 1. The van der Waals surface area contributed by atoms with Crippen molar-refractivity contribution >= 4 is 37.3 Å². The Balaban J connectivity index is 1.55. The summed E-state index contributed by atoms with van der Waals surface area (Å²) in [6.07, 6.45) is 1.31. The number of carbonyl (C=O) groups excluding carboxylic acids is 1. The molecule has 10 heteroatoms. The number of hydrogen-bond acceptors (Lipinski definition) is 6. The quantitative estimate of drug-likeness (QED) is 0.747. The maximum atomic E-state index is 13.0. The van der Waals surface area contributed by atoms with E-state index in [0.717, 1.165) is 0 Å². The first-order chi connectivity index (χ1) is 14.7. The number of amidine groups is 1. The summed E-state index contributed by atoms with van der Waals surface area (Å²) in [5.74, 6) is -0.422. The van der Waals surface area contributed by atoms with Gasteiger partial charge in [-0.1, -0.05) is 31.2 Å². The molecule has 8 nitrogen and oxygen atoms in total. The number of sulfonamides is 1. The minimum atomic E-state index is -3.74. The van der Waals surface area contributed by atoms with Crippen molar-refractivity contribution in [2.75, 3.05) is 24.2 Å². The average molecular weight is 462 g/mol. The molecule has 0 spiro atoms. The summed E-state index contributed by atoms with van der Waals surface area (Å²) >= 11 is 0. The first kappa shape index (κ1) is 21.5. The summed E-state index contributed by atoms with van der Waals surface area (Å²) in [6, 6.07) is 13.0. The van der Waals surface area contributed by atoms with Gasteiger partial charge < -0.3 is 10.2 Å². The predicted octanol–water partition coefficient (Wildman–Crippen LogP) is 2.28. The third-order valence-electron chi connectivity index (χ3n) is 5.56. The van der Waals surface area contributed by atoms with Gasteiger partial charge in [-0.3, -0.25) is 4.79 Å². The second kappa shape index (κ2) is 8.08. The Kier molecular flexibility index (Phi) is 5.61. The normalized spacial score (nSPS) is 20.1. The molecule has 1 N–H and O–H groups in total. The van der Waals surface area contributed by atoms with Crippen LogP contribution in [-0.4, -0.2) is 52.3 Å². The standard InChI is InChI=1S/C21H23N3O5S2/c1-2-30(26,27)19-12-6-4-10-17(19)22-21(25)15-8-7-13-24(14-15)20-16-9-3-5-11-18(16)31(28,29)23-20/h3-6,9-12,15H,2,7-8,13-14H2,1H3,(H,22,25). The van der Waals surface area contributed by atoms with Crippen LogP contribution in [0, 0.1) is 5.92 Å². The number of likely N-dealkylation sites (tertiary alicyclic amines) is 1. The lowest BCUT2D eigenvalue weighted by atomic mass is 9.96. The fraction of sp³-hybridized carbons (Fsp3) is 0.333. The van der Waals surface area contributed by atoms with E-state index in [9.17, 15) is 21.6 Å². The van der Waals surface area contributed by atoms with E-state index in [2.05, 4.69) is 9.71 Å². The molecule has 1 fully saturated rings. The summed E-state index contributed by atoms with van der Waals surface area (Å²) in [5.41, 5.74) is 0.806. The molecular formula is C21H23N3O5S2. The summed E-state index contributed by atoms with van der Waals surface area (Å²) in [5, 5.41) is 2.76. The van der Waals surface area contributed by atoms with Crippen molar-refractivity contribution in [3.05, 3.63) is 54.1 Å². The van der Waals surface area contributed by atoms with E-state index < -0.39 is 25.8 Å². The highest BCUT2D eigenvalue weighted by Crippen LogP contribution is 2.30. The second-order valence-corrected chi connectivity index (χ2v) is 11.4. The maximum absolute atomic E-state index is 13.0. The molecule has 0 radical (unpaired) electrons. The highest BCUT2D eigenvalue weighted by atomic mass is 32.2. The lowest BCUT2D eigenvalue weighted by molar-refractivity contribution is -0.121. The number of nitrogens with one attached hydrogen (secondary N) is 1. The molecule has 1 unspecified atom stereocenters. The number of hydrogen-bond donors (Lipinski definition) is 1. The Morgan fingerprint density at radius 1 is 1.16 bits per heavy atom. The topological polar surface area (TPSA) is 113 Å². The summed E-state index contributed by atoms with van der Waals surface area (Å²) < 4.78 is 53.4. The number of fused-ring (bicyclic) bond motifs is 1. The lowest BCUT2D eigenvalue weighted by Gasteiger charge is -2.33. The smallest absolute Gasteiger partial charge is 0.285 e. The first-order valence-electron chi connectivity index (χ1n) is 10.0. The summed E-state index contributed by atoms with van der Waals surface area (Å²) in [7, 11) is -7.22. The highest BCUT2D eigenvalue weighted by molar-refractivity contribution is 7.91. The number of anilines is 1. The summed E-state index contributed by atoms with van der Waals surface area (Å²) in [6.45, 7) is 2.45. The number of nitrogens with zero attached hydrogens (tertiary/aromatic N) is 2. The van der Waals surface area contributed by atoms with Gasteiger partial charge in [0.1, 0.15) is 4.90 Å². The molecule has 2 aliphatic heterocycles. The Morgan fingerprint density at radius 2 is 1.87 bits per heavy atom. The molecule has 1 saturated heterocycles. The number of para-hydroxylation sites is 1. The first-order valence-corrected chi connectivity index (χ1v) is 13.1. The van der Waals surface area contributed by atoms with E-state index in [-0.39, 0.29) is 27.1 Å². The van der Waals surface area contributed by atoms with E-state index in [0.29, 0.717) is 37.3 Å². The molecule has 0 saturated carbocycles. The van der Waals surface area contributed by atoms with Gasteiger partial charge in [0.25, 0.3) is 10.0 Å². The van der Waals surface area contributed by atoms with E-state index in [1.807, 2.05) is 4.90 Å². The number of benzene rings is 2. The Bertz CT molecular complexity index is 1270. The van der Waals surface area contributed by atoms with Gasteiger partial charge in [-0.2, -0.15) is 8.42 Å². The van der Waals surface area contributed by atoms with E-state index in [1.54, 1.807) is 43.3 Å². The van der Waals surface area contributed by atoms with Crippen LogP contribution < -0.4 is 5.32 Å². The minimum Gasteiger partial charge on any atom is -0.355 e. The van der Waals surface area contributed by atoms with E-state index >= 15 is 0 Å². The van der Waals surface area contributed by atoms with Gasteiger partial charge >= 0.3 is 0 Å². The van der Waals surface area contributed by atoms with Crippen LogP contribution in [0.15, 0.2) is 62.7 Å². The lowest BCUT2D eigenvalue weighted by Crippen LogP contribution is -2.43. The molecule has 4 rings (SSSR count). The third kappa shape index (κ3) is 4.09.